The van der Waals surface area contributed by atoms with Crippen molar-refractivity contribution in [2.24, 2.45) is 0 Å². The molecule has 0 unspecified atom stereocenters. The third-order valence-electron chi connectivity index (χ3n) is 2.32. The van der Waals surface area contributed by atoms with E-state index in [0.717, 1.165) is 31.2 Å². The molecule has 0 bridgehead atoms. The summed E-state index contributed by atoms with van der Waals surface area (Å²) in [6.07, 6.45) is 3.59. The number of para-hydroxylation sites is 1. The number of aromatic hydroxyl groups is 1. The molecule has 16 heavy (non-hydrogen) atoms. The lowest BCUT2D eigenvalue weighted by Gasteiger charge is -2.06. The summed E-state index contributed by atoms with van der Waals surface area (Å²) in [4.78, 5) is 0. The van der Waals surface area contributed by atoms with Gasteiger partial charge in [0.1, 0.15) is 0 Å². The Balaban J connectivity index is 2.58. The van der Waals surface area contributed by atoms with Gasteiger partial charge in [0, 0.05) is 12.8 Å². The van der Waals surface area contributed by atoms with Gasteiger partial charge in [-0.1, -0.05) is 19.1 Å². The molecule has 0 aliphatic rings. The Morgan fingerprint density at radius 1 is 1.25 bits per heavy atom. The van der Waals surface area contributed by atoms with Crippen LogP contribution in [0.25, 0.3) is 0 Å². The number of rotatable bonds is 4. The van der Waals surface area contributed by atoms with Gasteiger partial charge < -0.3 is 9.84 Å². The maximum Gasteiger partial charge on any atom is 0.160 e. The topological polar surface area (TPSA) is 29.5 Å². The van der Waals surface area contributed by atoms with Gasteiger partial charge in [-0.15, -0.1) is 11.8 Å². The fourth-order valence-corrected chi connectivity index (χ4v) is 1.43. The molecule has 0 amide bonds. The number of methoxy groups -OCH3 is 1. The molecule has 2 heteroatoms. The van der Waals surface area contributed by atoms with Crippen LogP contribution in [0.1, 0.15) is 31.7 Å². The lowest BCUT2D eigenvalue weighted by molar-refractivity contribution is 0.370. The van der Waals surface area contributed by atoms with Crippen LogP contribution in [0.4, 0.5) is 0 Å². The quantitative estimate of drug-likeness (QED) is 0.787. The van der Waals surface area contributed by atoms with Crippen LogP contribution in [-0.2, 0) is 6.42 Å². The second-order valence-electron chi connectivity index (χ2n) is 3.57. The van der Waals surface area contributed by atoms with E-state index in [2.05, 4.69) is 18.8 Å². The molecule has 0 fully saturated rings. The predicted octanol–water partition coefficient (Wildman–Crippen LogP) is 3.14. The van der Waals surface area contributed by atoms with Crippen molar-refractivity contribution in [3.63, 3.8) is 0 Å². The van der Waals surface area contributed by atoms with Gasteiger partial charge in [-0.3, -0.25) is 0 Å². The monoisotopic (exact) mass is 218 g/mol. The van der Waals surface area contributed by atoms with E-state index in [4.69, 9.17) is 4.74 Å². The largest absolute Gasteiger partial charge is 0.504 e. The maximum absolute atomic E-state index is 9.82. The smallest absolute Gasteiger partial charge is 0.160 e. The second kappa shape index (κ2) is 6.79. The molecule has 1 N–H and O–H groups in total. The summed E-state index contributed by atoms with van der Waals surface area (Å²) in [5, 5.41) is 9.82. The Labute approximate surface area is 97.3 Å². The van der Waals surface area contributed by atoms with Crippen LogP contribution in [0.5, 0.6) is 11.5 Å². The molecule has 0 saturated heterocycles. The lowest BCUT2D eigenvalue weighted by Crippen LogP contribution is -1.89. The first-order valence-electron chi connectivity index (χ1n) is 5.60. The molecule has 0 saturated carbocycles. The van der Waals surface area contributed by atoms with Crippen molar-refractivity contribution in [2.45, 2.75) is 32.6 Å². The molecular weight excluding hydrogens is 200 g/mol. The average molecular weight is 218 g/mol. The van der Waals surface area contributed by atoms with E-state index in [-0.39, 0.29) is 5.75 Å². The summed E-state index contributed by atoms with van der Waals surface area (Å²) in [7, 11) is 1.56. The zero-order valence-corrected chi connectivity index (χ0v) is 9.92. The van der Waals surface area contributed by atoms with Crippen LogP contribution in [-0.4, -0.2) is 12.2 Å². The first kappa shape index (κ1) is 12.4. The molecule has 1 rings (SSSR count). The molecule has 0 spiro atoms. The number of ether oxygens (including phenoxy) is 1. The highest BCUT2D eigenvalue weighted by Crippen LogP contribution is 2.29. The summed E-state index contributed by atoms with van der Waals surface area (Å²) >= 11 is 0. The van der Waals surface area contributed by atoms with Crippen LogP contribution in [0.15, 0.2) is 18.2 Å². The first-order valence-corrected chi connectivity index (χ1v) is 5.60. The number of benzene rings is 1. The van der Waals surface area contributed by atoms with Gasteiger partial charge in [0.05, 0.1) is 7.11 Å². The van der Waals surface area contributed by atoms with E-state index in [1.165, 1.54) is 0 Å². The molecule has 0 atom stereocenters. The Hall–Kier alpha value is -1.62. The molecule has 0 aromatic heterocycles. The van der Waals surface area contributed by atoms with E-state index in [0.29, 0.717) is 5.75 Å². The maximum atomic E-state index is 9.82. The van der Waals surface area contributed by atoms with Crippen molar-refractivity contribution in [2.75, 3.05) is 7.11 Å². The van der Waals surface area contributed by atoms with E-state index in [1.54, 1.807) is 13.2 Å². The van der Waals surface area contributed by atoms with E-state index < -0.39 is 0 Å². The standard InChI is InChI=1S/C14H18O2/c1-3-4-5-6-7-9-12-10-8-11-13(16-2)14(12)15/h8,10-11,15H,3-4,7,9H2,1-2H3. The number of phenols is 1. The second-order valence-corrected chi connectivity index (χ2v) is 3.57. The van der Waals surface area contributed by atoms with Crippen LogP contribution >= 0.6 is 0 Å². The first-order chi connectivity index (χ1) is 7.79. The Bertz CT molecular complexity index is 385. The molecule has 1 aromatic carbocycles. The fraction of sp³-hybridized carbons (Fsp3) is 0.429. The highest BCUT2D eigenvalue weighted by molar-refractivity contribution is 5.45. The minimum Gasteiger partial charge on any atom is -0.504 e. The zero-order chi connectivity index (χ0) is 11.8. The third kappa shape index (κ3) is 3.51. The third-order valence-corrected chi connectivity index (χ3v) is 2.32. The van der Waals surface area contributed by atoms with Gasteiger partial charge >= 0.3 is 0 Å². The van der Waals surface area contributed by atoms with Crippen molar-refractivity contribution in [1.29, 1.82) is 0 Å². The molecular formula is C14H18O2. The van der Waals surface area contributed by atoms with Crippen LogP contribution in [0.3, 0.4) is 0 Å². The summed E-state index contributed by atoms with van der Waals surface area (Å²) < 4.78 is 5.04. The predicted molar refractivity (Wildman–Crippen MR) is 65.7 cm³/mol. The molecule has 86 valence electrons. The Morgan fingerprint density at radius 2 is 2.00 bits per heavy atom. The minimum absolute atomic E-state index is 0.238. The molecule has 0 aliphatic heterocycles. The average Bonchev–Trinajstić information content (AvgIpc) is 2.31. The number of hydrogen-bond donors (Lipinski definition) is 1. The molecule has 0 heterocycles. The molecule has 0 radical (unpaired) electrons. The van der Waals surface area contributed by atoms with Crippen molar-refractivity contribution in [3.05, 3.63) is 23.8 Å². The summed E-state index contributed by atoms with van der Waals surface area (Å²) in [6, 6.07) is 5.54. The van der Waals surface area contributed by atoms with E-state index in [1.807, 2.05) is 12.1 Å². The van der Waals surface area contributed by atoms with Crippen LogP contribution < -0.4 is 4.74 Å². The van der Waals surface area contributed by atoms with E-state index >= 15 is 0 Å². The summed E-state index contributed by atoms with van der Waals surface area (Å²) in [5.74, 6) is 6.95. The Morgan fingerprint density at radius 3 is 2.69 bits per heavy atom. The van der Waals surface area contributed by atoms with E-state index in [9.17, 15) is 5.11 Å². The van der Waals surface area contributed by atoms with Gasteiger partial charge in [-0.2, -0.15) is 0 Å². The zero-order valence-electron chi connectivity index (χ0n) is 9.92. The summed E-state index contributed by atoms with van der Waals surface area (Å²) in [5.41, 5.74) is 0.894. The number of unbranched alkanes of at least 4 members (excludes halogenated alkanes) is 1. The lowest BCUT2D eigenvalue weighted by atomic mass is 10.1. The normalized spacial score (nSPS) is 9.38. The van der Waals surface area contributed by atoms with Gasteiger partial charge in [-0.25, -0.2) is 0 Å². The fourth-order valence-electron chi connectivity index (χ4n) is 1.43. The molecule has 2 nitrogen and oxygen atoms in total. The molecule has 0 aliphatic carbocycles. The van der Waals surface area contributed by atoms with Gasteiger partial charge in [0.15, 0.2) is 11.5 Å². The van der Waals surface area contributed by atoms with Crippen molar-refractivity contribution in [1.82, 2.24) is 0 Å². The van der Waals surface area contributed by atoms with Gasteiger partial charge in [0.25, 0.3) is 0 Å². The van der Waals surface area contributed by atoms with Crippen molar-refractivity contribution >= 4 is 0 Å². The van der Waals surface area contributed by atoms with Crippen molar-refractivity contribution in [3.8, 4) is 23.3 Å². The van der Waals surface area contributed by atoms with Crippen LogP contribution in [0, 0.1) is 11.8 Å². The highest BCUT2D eigenvalue weighted by Gasteiger charge is 2.05. The molecule has 1 aromatic rings. The number of phenolic OH excluding ortho intramolecular Hbond substituents is 1. The SMILES string of the molecule is CCCC#CCCc1cccc(OC)c1O. The van der Waals surface area contributed by atoms with Crippen molar-refractivity contribution < 1.29 is 9.84 Å². The van der Waals surface area contributed by atoms with Gasteiger partial charge in [-0.05, 0) is 24.5 Å². The van der Waals surface area contributed by atoms with Gasteiger partial charge in [0.2, 0.25) is 0 Å². The number of hydrogen-bond acceptors (Lipinski definition) is 2. The highest BCUT2D eigenvalue weighted by atomic mass is 16.5. The van der Waals surface area contributed by atoms with Crippen LogP contribution in [0.2, 0.25) is 0 Å². The minimum atomic E-state index is 0.238. The Kier molecular flexibility index (Phi) is 5.28. The number of aryl methyl sites for hydroxylation is 1. The summed E-state index contributed by atoms with van der Waals surface area (Å²) in [6.45, 7) is 2.11.